The Bertz CT molecular complexity index is 1050. The summed E-state index contributed by atoms with van der Waals surface area (Å²) in [6.07, 6.45) is 0. The van der Waals surface area contributed by atoms with Gasteiger partial charge in [-0.1, -0.05) is 59.8 Å². The maximum Gasteiger partial charge on any atom is 0.335 e. The summed E-state index contributed by atoms with van der Waals surface area (Å²) in [5, 5.41) is 13.1. The molecule has 3 aromatic carbocycles. The Hall–Kier alpha value is -3.73. The predicted molar refractivity (Wildman–Crippen MR) is 97.6 cm³/mol. The van der Waals surface area contributed by atoms with Crippen LogP contribution in [0.4, 0.5) is 0 Å². The van der Waals surface area contributed by atoms with Gasteiger partial charge in [-0.25, -0.2) is 4.79 Å². The van der Waals surface area contributed by atoms with Crippen LogP contribution >= 0.6 is 0 Å². The van der Waals surface area contributed by atoms with Gasteiger partial charge in [0.05, 0.1) is 5.56 Å². The number of benzene rings is 3. The monoisotopic (exact) mass is 342 g/mol. The maximum absolute atomic E-state index is 11.1. The van der Waals surface area contributed by atoms with Gasteiger partial charge in [0, 0.05) is 11.1 Å². The van der Waals surface area contributed by atoms with E-state index in [1.807, 2.05) is 42.5 Å². The minimum absolute atomic E-state index is 0.182. The lowest BCUT2D eigenvalue weighted by Gasteiger charge is -2.01. The molecule has 0 fully saturated rings. The zero-order valence-corrected chi connectivity index (χ0v) is 13.7. The molecule has 0 aliphatic heterocycles. The number of carbonyl (C=O) groups is 1. The van der Waals surface area contributed by atoms with E-state index in [2.05, 4.69) is 22.3 Å². The van der Waals surface area contributed by atoms with Crippen LogP contribution in [0.25, 0.3) is 34.0 Å². The zero-order valence-electron chi connectivity index (χ0n) is 13.7. The van der Waals surface area contributed by atoms with Crippen LogP contribution in [0, 0.1) is 0 Å². The van der Waals surface area contributed by atoms with E-state index < -0.39 is 5.97 Å². The molecule has 1 N–H and O–H groups in total. The molecule has 0 bridgehead atoms. The Morgan fingerprint density at radius 2 is 1.42 bits per heavy atom. The highest BCUT2D eigenvalue weighted by Gasteiger charge is 2.12. The topological polar surface area (TPSA) is 76.2 Å². The van der Waals surface area contributed by atoms with Crippen LogP contribution in [0.1, 0.15) is 10.4 Å². The van der Waals surface area contributed by atoms with E-state index in [1.54, 1.807) is 12.1 Å². The molecule has 0 saturated carbocycles. The fourth-order valence-corrected chi connectivity index (χ4v) is 2.69. The molecule has 0 amide bonds. The van der Waals surface area contributed by atoms with Gasteiger partial charge in [0.1, 0.15) is 0 Å². The summed E-state index contributed by atoms with van der Waals surface area (Å²) >= 11 is 0. The van der Waals surface area contributed by atoms with Crippen LogP contribution in [0.15, 0.2) is 83.4 Å². The number of rotatable bonds is 4. The molecular weight excluding hydrogens is 328 g/mol. The number of aromatic carboxylic acids is 1. The van der Waals surface area contributed by atoms with Crippen molar-refractivity contribution < 1.29 is 14.4 Å². The van der Waals surface area contributed by atoms with Crippen LogP contribution < -0.4 is 0 Å². The Balaban J connectivity index is 1.62. The summed E-state index contributed by atoms with van der Waals surface area (Å²) in [6, 6.07) is 24.4. The number of hydrogen-bond donors (Lipinski definition) is 1. The number of carboxylic acid groups (broad SMARTS) is 1. The van der Waals surface area contributed by atoms with Gasteiger partial charge in [-0.15, -0.1) is 0 Å². The molecule has 0 radical (unpaired) electrons. The van der Waals surface area contributed by atoms with Crippen molar-refractivity contribution in [3.05, 3.63) is 84.4 Å². The highest BCUT2D eigenvalue weighted by atomic mass is 16.5. The summed E-state index contributed by atoms with van der Waals surface area (Å²) < 4.78 is 5.34. The molecule has 126 valence electrons. The Morgan fingerprint density at radius 3 is 2.15 bits per heavy atom. The third-order valence-corrected chi connectivity index (χ3v) is 4.03. The molecule has 1 heterocycles. The van der Waals surface area contributed by atoms with E-state index >= 15 is 0 Å². The zero-order chi connectivity index (χ0) is 17.9. The molecule has 0 spiro atoms. The van der Waals surface area contributed by atoms with Gasteiger partial charge in [-0.2, -0.15) is 4.98 Å². The van der Waals surface area contributed by atoms with Crippen LogP contribution in [0.2, 0.25) is 0 Å². The largest absolute Gasteiger partial charge is 0.478 e. The number of hydrogen-bond acceptors (Lipinski definition) is 4. The predicted octanol–water partition coefficient (Wildman–Crippen LogP) is 4.77. The van der Waals surface area contributed by atoms with Crippen LogP contribution in [-0.2, 0) is 0 Å². The average molecular weight is 342 g/mol. The number of aromatic nitrogens is 2. The SMILES string of the molecule is O=C(O)c1cccc(-c2noc(-c3ccc(-c4ccccc4)cc3)n2)c1. The Labute approximate surface area is 149 Å². The molecule has 0 atom stereocenters. The second kappa shape index (κ2) is 6.64. The fourth-order valence-electron chi connectivity index (χ4n) is 2.69. The first-order chi connectivity index (χ1) is 12.7. The number of carboxylic acids is 1. The third-order valence-electron chi connectivity index (χ3n) is 4.03. The standard InChI is InChI=1S/C21H14N2O3/c24-21(25)18-8-4-7-17(13-18)19-22-20(26-23-19)16-11-9-15(10-12-16)14-5-2-1-3-6-14/h1-13H,(H,24,25). The lowest BCUT2D eigenvalue weighted by molar-refractivity contribution is 0.0697. The van der Waals surface area contributed by atoms with Gasteiger partial charge >= 0.3 is 5.97 Å². The van der Waals surface area contributed by atoms with E-state index in [-0.39, 0.29) is 5.56 Å². The molecule has 4 aromatic rings. The molecule has 26 heavy (non-hydrogen) atoms. The first kappa shape index (κ1) is 15.8. The van der Waals surface area contributed by atoms with E-state index in [4.69, 9.17) is 9.63 Å². The summed E-state index contributed by atoms with van der Waals surface area (Å²) in [7, 11) is 0. The molecular formula is C21H14N2O3. The third kappa shape index (κ3) is 3.10. The first-order valence-electron chi connectivity index (χ1n) is 8.04. The van der Waals surface area contributed by atoms with Crippen molar-refractivity contribution in [2.75, 3.05) is 0 Å². The first-order valence-corrected chi connectivity index (χ1v) is 8.04. The van der Waals surface area contributed by atoms with Gasteiger partial charge in [0.2, 0.25) is 5.82 Å². The normalized spacial score (nSPS) is 10.6. The van der Waals surface area contributed by atoms with Gasteiger partial charge < -0.3 is 9.63 Å². The summed E-state index contributed by atoms with van der Waals surface area (Å²) in [6.45, 7) is 0. The molecule has 5 nitrogen and oxygen atoms in total. The molecule has 0 unspecified atom stereocenters. The van der Waals surface area contributed by atoms with Gasteiger partial charge in [-0.3, -0.25) is 0 Å². The lowest BCUT2D eigenvalue weighted by atomic mass is 10.0. The second-order valence-electron chi connectivity index (χ2n) is 5.75. The van der Waals surface area contributed by atoms with E-state index in [1.165, 1.54) is 12.1 Å². The summed E-state index contributed by atoms with van der Waals surface area (Å²) in [4.78, 5) is 15.5. The average Bonchev–Trinajstić information content (AvgIpc) is 3.19. The van der Waals surface area contributed by atoms with E-state index in [9.17, 15) is 4.79 Å². The smallest absolute Gasteiger partial charge is 0.335 e. The van der Waals surface area contributed by atoms with E-state index in [0.717, 1.165) is 16.7 Å². The fraction of sp³-hybridized carbons (Fsp3) is 0. The summed E-state index contributed by atoms with van der Waals surface area (Å²) in [5.74, 6) is -0.248. The van der Waals surface area contributed by atoms with Crippen molar-refractivity contribution >= 4 is 5.97 Å². The van der Waals surface area contributed by atoms with Gasteiger partial charge in [-0.05, 0) is 35.4 Å². The number of nitrogens with zero attached hydrogens (tertiary/aromatic N) is 2. The van der Waals surface area contributed by atoms with Crippen molar-refractivity contribution in [1.29, 1.82) is 0 Å². The quantitative estimate of drug-likeness (QED) is 0.578. The van der Waals surface area contributed by atoms with Crippen molar-refractivity contribution in [2.45, 2.75) is 0 Å². The highest BCUT2D eigenvalue weighted by molar-refractivity contribution is 5.89. The van der Waals surface area contributed by atoms with Gasteiger partial charge in [0.25, 0.3) is 5.89 Å². The Kier molecular flexibility index (Phi) is 4.03. The van der Waals surface area contributed by atoms with Gasteiger partial charge in [0.15, 0.2) is 0 Å². The molecule has 0 aliphatic carbocycles. The lowest BCUT2D eigenvalue weighted by Crippen LogP contribution is -1.96. The van der Waals surface area contributed by atoms with Crippen LogP contribution in [0.5, 0.6) is 0 Å². The minimum Gasteiger partial charge on any atom is -0.478 e. The molecule has 1 aromatic heterocycles. The minimum atomic E-state index is -0.993. The van der Waals surface area contributed by atoms with Crippen molar-refractivity contribution in [3.8, 4) is 34.0 Å². The van der Waals surface area contributed by atoms with Crippen LogP contribution in [-0.4, -0.2) is 21.2 Å². The second-order valence-corrected chi connectivity index (χ2v) is 5.75. The Morgan fingerprint density at radius 1 is 0.769 bits per heavy atom. The highest BCUT2D eigenvalue weighted by Crippen LogP contribution is 2.26. The van der Waals surface area contributed by atoms with Crippen LogP contribution in [0.3, 0.4) is 0 Å². The van der Waals surface area contributed by atoms with Crippen molar-refractivity contribution in [3.63, 3.8) is 0 Å². The van der Waals surface area contributed by atoms with Crippen molar-refractivity contribution in [2.24, 2.45) is 0 Å². The maximum atomic E-state index is 11.1. The molecule has 0 saturated heterocycles. The molecule has 0 aliphatic rings. The van der Waals surface area contributed by atoms with Crippen molar-refractivity contribution in [1.82, 2.24) is 10.1 Å². The molecule has 5 heteroatoms. The summed E-state index contributed by atoms with van der Waals surface area (Å²) in [5.41, 5.74) is 3.82. The van der Waals surface area contributed by atoms with E-state index in [0.29, 0.717) is 17.3 Å². The molecule has 4 rings (SSSR count).